The summed E-state index contributed by atoms with van der Waals surface area (Å²) in [6.45, 7) is 10.9. The first-order chi connectivity index (χ1) is 16.4. The fourth-order valence-electron chi connectivity index (χ4n) is 4.96. The van der Waals surface area contributed by atoms with E-state index in [2.05, 4.69) is 15.9 Å². The predicted octanol–water partition coefficient (Wildman–Crippen LogP) is 3.06. The van der Waals surface area contributed by atoms with Crippen LogP contribution in [-0.2, 0) is 26.0 Å². The van der Waals surface area contributed by atoms with Gasteiger partial charge in [-0.25, -0.2) is 13.2 Å². The van der Waals surface area contributed by atoms with Crippen molar-refractivity contribution in [2.24, 2.45) is 0 Å². The molecule has 0 saturated carbocycles. The third-order valence-corrected chi connectivity index (χ3v) is 9.57. The lowest BCUT2D eigenvalue weighted by Gasteiger charge is -2.40. The van der Waals surface area contributed by atoms with Crippen LogP contribution >= 0.6 is 15.9 Å². The van der Waals surface area contributed by atoms with Gasteiger partial charge >= 0.3 is 6.09 Å². The molecular formula is C24H35BrN4O5S. The molecule has 0 radical (unpaired) electrons. The molecule has 0 spiro atoms. The average molecular weight is 572 g/mol. The van der Waals surface area contributed by atoms with Gasteiger partial charge in [0.2, 0.25) is 15.9 Å². The third kappa shape index (κ3) is 5.68. The van der Waals surface area contributed by atoms with Crippen LogP contribution in [0.3, 0.4) is 0 Å². The second-order valence-electron chi connectivity index (χ2n) is 10.6. The zero-order chi connectivity index (χ0) is 25.5. The van der Waals surface area contributed by atoms with Crippen LogP contribution in [0.1, 0.15) is 46.1 Å². The van der Waals surface area contributed by atoms with Gasteiger partial charge in [-0.2, -0.15) is 4.31 Å². The fraction of sp³-hybridized carbons (Fsp3) is 0.667. The van der Waals surface area contributed by atoms with Crippen LogP contribution in [0.2, 0.25) is 0 Å². The van der Waals surface area contributed by atoms with Crippen molar-refractivity contribution in [3.63, 3.8) is 0 Å². The van der Waals surface area contributed by atoms with E-state index in [-0.39, 0.29) is 29.5 Å². The molecule has 0 aromatic heterocycles. The number of benzene rings is 1. The highest BCUT2D eigenvalue weighted by Gasteiger charge is 2.35. The summed E-state index contributed by atoms with van der Waals surface area (Å²) in [7, 11) is -3.61. The van der Waals surface area contributed by atoms with Crippen LogP contribution in [0.4, 0.5) is 10.5 Å². The number of carbonyl (C=O) groups excluding carboxylic acids is 2. The summed E-state index contributed by atoms with van der Waals surface area (Å²) in [5.41, 5.74) is 1.09. The van der Waals surface area contributed by atoms with E-state index in [1.54, 1.807) is 15.9 Å². The minimum absolute atomic E-state index is 0.0616. The number of hydrogen-bond acceptors (Lipinski definition) is 6. The van der Waals surface area contributed by atoms with Crippen LogP contribution in [0.15, 0.2) is 21.5 Å². The number of anilines is 1. The number of sulfonamides is 1. The lowest BCUT2D eigenvalue weighted by Crippen LogP contribution is -2.56. The first-order valence-electron chi connectivity index (χ1n) is 12.2. The second-order valence-corrected chi connectivity index (χ2v) is 13.3. The van der Waals surface area contributed by atoms with Crippen molar-refractivity contribution in [1.82, 2.24) is 14.1 Å². The topological polar surface area (TPSA) is 90.5 Å². The first kappa shape index (κ1) is 26.4. The second kappa shape index (κ2) is 9.99. The molecule has 2 saturated heterocycles. The molecule has 1 unspecified atom stereocenters. The van der Waals surface area contributed by atoms with Gasteiger partial charge in [0.15, 0.2) is 0 Å². The summed E-state index contributed by atoms with van der Waals surface area (Å²) in [5.74, 6) is -0.0616. The number of hydrogen-bond donors (Lipinski definition) is 0. The molecule has 3 aliphatic rings. The molecule has 4 rings (SSSR count). The molecule has 1 aromatic carbocycles. The molecule has 2 fully saturated rings. The Morgan fingerprint density at radius 1 is 1.09 bits per heavy atom. The smallest absolute Gasteiger partial charge is 0.410 e. The monoisotopic (exact) mass is 570 g/mol. The van der Waals surface area contributed by atoms with Crippen LogP contribution in [0.5, 0.6) is 0 Å². The van der Waals surface area contributed by atoms with Crippen molar-refractivity contribution in [1.29, 1.82) is 0 Å². The number of fused-ring (bicyclic) bond motifs is 1. The lowest BCUT2D eigenvalue weighted by atomic mass is 10.1. The summed E-state index contributed by atoms with van der Waals surface area (Å²) in [6.07, 6.45) is 2.09. The summed E-state index contributed by atoms with van der Waals surface area (Å²) >= 11 is 3.45. The minimum Gasteiger partial charge on any atom is -0.444 e. The Kier molecular flexibility index (Phi) is 7.53. The molecule has 3 aliphatic heterocycles. The fourth-order valence-corrected chi connectivity index (χ4v) is 7.54. The van der Waals surface area contributed by atoms with Gasteiger partial charge in [0.25, 0.3) is 0 Å². The van der Waals surface area contributed by atoms with E-state index in [9.17, 15) is 18.0 Å². The highest BCUT2D eigenvalue weighted by molar-refractivity contribution is 9.10. The molecular weight excluding hydrogens is 536 g/mol. The number of piperazine rings is 1. The Hall–Kier alpha value is -1.69. The van der Waals surface area contributed by atoms with E-state index in [0.29, 0.717) is 55.8 Å². The van der Waals surface area contributed by atoms with Crippen molar-refractivity contribution in [2.75, 3.05) is 50.7 Å². The first-order valence-corrected chi connectivity index (χ1v) is 14.4. The van der Waals surface area contributed by atoms with Gasteiger partial charge in [0.1, 0.15) is 5.60 Å². The minimum atomic E-state index is -3.61. The van der Waals surface area contributed by atoms with Crippen molar-refractivity contribution in [3.8, 4) is 0 Å². The van der Waals surface area contributed by atoms with Crippen molar-refractivity contribution < 1.29 is 22.7 Å². The maximum Gasteiger partial charge on any atom is 0.410 e. The Labute approximate surface area is 216 Å². The highest BCUT2D eigenvalue weighted by atomic mass is 79.9. The Morgan fingerprint density at radius 2 is 1.77 bits per heavy atom. The Balaban J connectivity index is 1.44. The van der Waals surface area contributed by atoms with Crippen molar-refractivity contribution >= 4 is 43.6 Å². The number of carbonyl (C=O) groups is 2. The van der Waals surface area contributed by atoms with Crippen LogP contribution in [0, 0.1) is 0 Å². The van der Waals surface area contributed by atoms with Gasteiger partial charge in [-0.1, -0.05) is 0 Å². The SMILES string of the molecule is CC1CN(CC(=O)N2CCc3cc(Br)c(S(=O)(=O)N4CCCC4)cc32)CCN1C(=O)OC(C)(C)C. The predicted molar refractivity (Wildman–Crippen MR) is 137 cm³/mol. The quantitative estimate of drug-likeness (QED) is 0.552. The van der Waals surface area contributed by atoms with Gasteiger partial charge in [0.05, 0.1) is 11.4 Å². The summed E-state index contributed by atoms with van der Waals surface area (Å²) in [6, 6.07) is 3.42. The van der Waals surface area contributed by atoms with Crippen LogP contribution < -0.4 is 4.90 Å². The maximum atomic E-state index is 13.3. The highest BCUT2D eigenvalue weighted by Crippen LogP contribution is 2.37. The molecule has 1 atom stereocenters. The number of halogens is 1. The van der Waals surface area contributed by atoms with Gasteiger partial charge in [-0.3, -0.25) is 9.69 Å². The van der Waals surface area contributed by atoms with Gasteiger partial charge < -0.3 is 14.5 Å². The van der Waals surface area contributed by atoms with Gasteiger partial charge in [-0.15, -0.1) is 0 Å². The number of ether oxygens (including phenoxy) is 1. The van der Waals surface area contributed by atoms with E-state index < -0.39 is 15.6 Å². The number of nitrogens with zero attached hydrogens (tertiary/aromatic N) is 4. The van der Waals surface area contributed by atoms with E-state index in [1.165, 1.54) is 4.31 Å². The molecule has 194 valence electrons. The number of amides is 2. The molecule has 0 N–H and O–H groups in total. The van der Waals surface area contributed by atoms with Crippen molar-refractivity contribution in [2.45, 2.75) is 63.5 Å². The van der Waals surface area contributed by atoms with Crippen LogP contribution in [0.25, 0.3) is 0 Å². The average Bonchev–Trinajstić information content (AvgIpc) is 3.42. The van der Waals surface area contributed by atoms with E-state index in [1.807, 2.05) is 38.7 Å². The van der Waals surface area contributed by atoms with E-state index >= 15 is 0 Å². The summed E-state index contributed by atoms with van der Waals surface area (Å²) < 4.78 is 34.0. The van der Waals surface area contributed by atoms with Crippen LogP contribution in [-0.4, -0.2) is 92.0 Å². The molecule has 0 aliphatic carbocycles. The van der Waals surface area contributed by atoms with E-state index in [0.717, 1.165) is 18.4 Å². The van der Waals surface area contributed by atoms with Gasteiger partial charge in [0, 0.05) is 55.5 Å². The zero-order valence-electron chi connectivity index (χ0n) is 20.9. The molecule has 1 aromatic rings. The van der Waals surface area contributed by atoms with Crippen molar-refractivity contribution in [3.05, 3.63) is 22.2 Å². The standard InChI is InChI=1S/C24H35BrN4O5S/c1-17-15-26(11-12-28(17)23(31)34-24(2,3)4)16-22(30)29-10-7-18-13-19(25)21(14-20(18)29)35(32,33)27-8-5-6-9-27/h13-14,17H,5-12,15-16H2,1-4H3. The Bertz CT molecular complexity index is 1100. The third-order valence-electron chi connectivity index (χ3n) is 6.71. The van der Waals surface area contributed by atoms with E-state index in [4.69, 9.17) is 4.74 Å². The zero-order valence-corrected chi connectivity index (χ0v) is 23.3. The molecule has 35 heavy (non-hydrogen) atoms. The molecule has 2 amide bonds. The molecule has 9 nitrogen and oxygen atoms in total. The molecule has 3 heterocycles. The maximum absolute atomic E-state index is 13.3. The molecule has 11 heteroatoms. The lowest BCUT2D eigenvalue weighted by molar-refractivity contribution is -0.120. The molecule has 0 bridgehead atoms. The van der Waals surface area contributed by atoms with Gasteiger partial charge in [-0.05, 0) is 80.6 Å². The number of rotatable bonds is 4. The normalized spacial score (nSPS) is 21.9. The summed E-state index contributed by atoms with van der Waals surface area (Å²) in [5, 5.41) is 0. The largest absolute Gasteiger partial charge is 0.444 e. The summed E-state index contributed by atoms with van der Waals surface area (Å²) in [4.78, 5) is 31.5. The Morgan fingerprint density at radius 3 is 2.40 bits per heavy atom.